The fraction of sp³-hybridized carbons (Fsp3) is 0.600. The number of nitrogens with zero attached hydrogens (tertiary/aromatic N) is 2. The average Bonchev–Trinajstić information content (AvgIpc) is 2.53. The summed E-state index contributed by atoms with van der Waals surface area (Å²) in [5.41, 5.74) is 7.07. The van der Waals surface area contributed by atoms with Gasteiger partial charge >= 0.3 is 0 Å². The van der Waals surface area contributed by atoms with Gasteiger partial charge in [-0.1, -0.05) is 12.1 Å². The molecular formula is C15H24BrN3. The zero-order chi connectivity index (χ0) is 13.8. The summed E-state index contributed by atoms with van der Waals surface area (Å²) in [6, 6.07) is 9.60. The predicted octanol–water partition coefficient (Wildman–Crippen LogP) is 2.70. The van der Waals surface area contributed by atoms with Crippen molar-refractivity contribution >= 4 is 21.6 Å². The first-order valence-corrected chi connectivity index (χ1v) is 7.84. The van der Waals surface area contributed by atoms with Gasteiger partial charge in [-0.25, -0.2) is 0 Å². The van der Waals surface area contributed by atoms with E-state index in [0.717, 1.165) is 26.1 Å². The normalized spacial score (nSPS) is 25.4. The van der Waals surface area contributed by atoms with Gasteiger partial charge in [-0.05, 0) is 61.4 Å². The Bertz CT molecular complexity index is 410. The quantitative estimate of drug-likeness (QED) is 0.927. The smallest absolute Gasteiger partial charge is 0.0513 e. The number of nitrogens with two attached hydrogens (primary N) is 1. The van der Waals surface area contributed by atoms with Crippen LogP contribution in [0.25, 0.3) is 0 Å². The zero-order valence-corrected chi connectivity index (χ0v) is 13.4. The number of likely N-dealkylation sites (N-methyl/N-ethyl adjacent to an activating group) is 1. The van der Waals surface area contributed by atoms with E-state index in [9.17, 15) is 0 Å². The van der Waals surface area contributed by atoms with Crippen molar-refractivity contribution < 1.29 is 0 Å². The summed E-state index contributed by atoms with van der Waals surface area (Å²) in [5.74, 6) is 0. The summed E-state index contributed by atoms with van der Waals surface area (Å²) in [6.07, 6.45) is 2.25. The second kappa shape index (κ2) is 6.73. The van der Waals surface area contributed by atoms with E-state index in [0.29, 0.717) is 12.1 Å². The summed E-state index contributed by atoms with van der Waals surface area (Å²) in [5, 5.41) is 0. The van der Waals surface area contributed by atoms with Crippen molar-refractivity contribution in [2.45, 2.75) is 31.8 Å². The van der Waals surface area contributed by atoms with Gasteiger partial charge in [0.2, 0.25) is 0 Å². The molecule has 1 fully saturated rings. The Hall–Kier alpha value is -0.580. The van der Waals surface area contributed by atoms with Crippen LogP contribution in [0.4, 0.5) is 5.69 Å². The maximum atomic E-state index is 5.77. The minimum absolute atomic E-state index is 0.544. The number of halogens is 1. The highest BCUT2D eigenvalue weighted by Crippen LogP contribution is 2.30. The highest BCUT2D eigenvalue weighted by Gasteiger charge is 2.27. The highest BCUT2D eigenvalue weighted by atomic mass is 79.9. The van der Waals surface area contributed by atoms with E-state index in [1.165, 1.54) is 16.6 Å². The molecule has 19 heavy (non-hydrogen) atoms. The summed E-state index contributed by atoms with van der Waals surface area (Å²) < 4.78 is 1.18. The fourth-order valence-electron chi connectivity index (χ4n) is 2.80. The number of rotatable bonds is 3. The molecule has 0 radical (unpaired) electrons. The molecule has 106 valence electrons. The lowest BCUT2D eigenvalue weighted by molar-refractivity contribution is 0.250. The number of benzene rings is 1. The van der Waals surface area contributed by atoms with Crippen molar-refractivity contribution in [2.24, 2.45) is 5.73 Å². The van der Waals surface area contributed by atoms with E-state index < -0.39 is 0 Å². The van der Waals surface area contributed by atoms with Crippen molar-refractivity contribution in [1.29, 1.82) is 0 Å². The molecule has 1 aromatic carbocycles. The van der Waals surface area contributed by atoms with Crippen molar-refractivity contribution in [2.75, 3.05) is 31.6 Å². The Morgan fingerprint density at radius 2 is 2.11 bits per heavy atom. The Morgan fingerprint density at radius 1 is 1.37 bits per heavy atom. The number of para-hydroxylation sites is 1. The van der Waals surface area contributed by atoms with E-state index in [1.807, 2.05) is 0 Å². The van der Waals surface area contributed by atoms with Crippen molar-refractivity contribution in [3.05, 3.63) is 28.7 Å². The first-order chi connectivity index (χ1) is 9.13. The molecule has 4 heteroatoms. The van der Waals surface area contributed by atoms with Crippen molar-refractivity contribution in [1.82, 2.24) is 4.90 Å². The van der Waals surface area contributed by atoms with Gasteiger partial charge in [0.25, 0.3) is 0 Å². The topological polar surface area (TPSA) is 32.5 Å². The van der Waals surface area contributed by atoms with E-state index in [1.54, 1.807) is 0 Å². The Balaban J connectivity index is 2.24. The largest absolute Gasteiger partial charge is 0.366 e. The Morgan fingerprint density at radius 3 is 2.79 bits per heavy atom. The van der Waals surface area contributed by atoms with Gasteiger partial charge in [0, 0.05) is 29.6 Å². The molecule has 0 amide bonds. The molecule has 0 aliphatic carbocycles. The molecule has 2 atom stereocenters. The summed E-state index contributed by atoms with van der Waals surface area (Å²) in [6.45, 7) is 5.27. The van der Waals surface area contributed by atoms with Gasteiger partial charge in [0.15, 0.2) is 0 Å². The van der Waals surface area contributed by atoms with Crippen LogP contribution in [0.5, 0.6) is 0 Å². The Labute approximate surface area is 124 Å². The van der Waals surface area contributed by atoms with Gasteiger partial charge in [-0.2, -0.15) is 0 Å². The van der Waals surface area contributed by atoms with E-state index >= 15 is 0 Å². The molecule has 2 rings (SSSR count). The number of anilines is 1. The van der Waals surface area contributed by atoms with E-state index in [4.69, 9.17) is 5.73 Å². The molecule has 2 N–H and O–H groups in total. The molecule has 0 spiro atoms. The van der Waals surface area contributed by atoms with Crippen LogP contribution in [0.2, 0.25) is 0 Å². The summed E-state index contributed by atoms with van der Waals surface area (Å²) in [4.78, 5) is 4.98. The highest BCUT2D eigenvalue weighted by molar-refractivity contribution is 9.10. The van der Waals surface area contributed by atoms with Crippen LogP contribution in [-0.2, 0) is 0 Å². The predicted molar refractivity (Wildman–Crippen MR) is 85.7 cm³/mol. The summed E-state index contributed by atoms with van der Waals surface area (Å²) >= 11 is 3.68. The molecule has 1 aliphatic rings. The van der Waals surface area contributed by atoms with Gasteiger partial charge in [-0.3, -0.25) is 0 Å². The second-order valence-corrected chi connectivity index (χ2v) is 6.31. The molecule has 1 aliphatic heterocycles. The van der Waals surface area contributed by atoms with E-state index in [-0.39, 0.29) is 0 Å². The van der Waals surface area contributed by atoms with Crippen LogP contribution in [0.1, 0.15) is 19.8 Å². The second-order valence-electron chi connectivity index (χ2n) is 5.45. The molecule has 0 bridgehead atoms. The van der Waals surface area contributed by atoms with Crippen LogP contribution >= 0.6 is 15.9 Å². The maximum Gasteiger partial charge on any atom is 0.0513 e. The molecule has 1 saturated heterocycles. The first-order valence-electron chi connectivity index (χ1n) is 7.05. The third kappa shape index (κ3) is 3.50. The standard InChI is InChI=1S/C15H24BrN3/c1-12-8-10-18(2)13(7-9-17)11-19(12)15-6-4-3-5-14(15)16/h3-6,12-13H,7-11,17H2,1-2H3. The lowest BCUT2D eigenvalue weighted by Gasteiger charge is -2.33. The fourth-order valence-corrected chi connectivity index (χ4v) is 3.31. The van der Waals surface area contributed by atoms with Crippen LogP contribution in [0, 0.1) is 0 Å². The third-order valence-electron chi connectivity index (χ3n) is 4.12. The lowest BCUT2D eigenvalue weighted by atomic mass is 10.1. The maximum absolute atomic E-state index is 5.77. The van der Waals surface area contributed by atoms with E-state index in [2.05, 4.69) is 64.0 Å². The van der Waals surface area contributed by atoms with Gasteiger partial charge in [-0.15, -0.1) is 0 Å². The molecule has 2 unspecified atom stereocenters. The SMILES string of the molecule is CC1CCN(C)C(CCN)CN1c1ccccc1Br. The van der Waals surface area contributed by atoms with Gasteiger partial charge in [0.1, 0.15) is 0 Å². The minimum Gasteiger partial charge on any atom is -0.366 e. The molecule has 1 heterocycles. The molecule has 0 saturated carbocycles. The monoisotopic (exact) mass is 325 g/mol. The molecule has 1 aromatic rings. The Kier molecular flexibility index (Phi) is 5.25. The van der Waals surface area contributed by atoms with Crippen LogP contribution in [0.3, 0.4) is 0 Å². The molecule has 3 nitrogen and oxygen atoms in total. The lowest BCUT2D eigenvalue weighted by Crippen LogP contribution is -2.42. The minimum atomic E-state index is 0.544. The first kappa shape index (κ1) is 14.8. The van der Waals surface area contributed by atoms with Gasteiger partial charge in [0.05, 0.1) is 5.69 Å². The van der Waals surface area contributed by atoms with Crippen molar-refractivity contribution in [3.63, 3.8) is 0 Å². The van der Waals surface area contributed by atoms with Crippen LogP contribution in [-0.4, -0.2) is 43.7 Å². The van der Waals surface area contributed by atoms with Crippen LogP contribution in [0.15, 0.2) is 28.7 Å². The third-order valence-corrected chi connectivity index (χ3v) is 4.79. The van der Waals surface area contributed by atoms with Gasteiger partial charge < -0.3 is 15.5 Å². The molecular weight excluding hydrogens is 302 g/mol. The van der Waals surface area contributed by atoms with Crippen molar-refractivity contribution in [3.8, 4) is 0 Å². The van der Waals surface area contributed by atoms with Crippen LogP contribution < -0.4 is 10.6 Å². The molecule has 0 aromatic heterocycles. The number of hydrogen-bond donors (Lipinski definition) is 1. The zero-order valence-electron chi connectivity index (χ0n) is 11.8. The average molecular weight is 326 g/mol. The number of hydrogen-bond acceptors (Lipinski definition) is 3. The summed E-state index contributed by atoms with van der Waals surface area (Å²) in [7, 11) is 2.22.